The Hall–Kier alpha value is -0.820. The van der Waals surface area contributed by atoms with E-state index in [9.17, 15) is 8.42 Å². The third kappa shape index (κ3) is 3.14. The van der Waals surface area contributed by atoms with Gasteiger partial charge in [0.05, 0.1) is 5.02 Å². The van der Waals surface area contributed by atoms with Crippen LogP contribution in [0.4, 0.5) is 5.69 Å². The molecule has 1 saturated heterocycles. The maximum absolute atomic E-state index is 12.2. The number of ether oxygens (including phenoxy) is 1. The van der Waals surface area contributed by atoms with Crippen molar-refractivity contribution in [2.24, 2.45) is 0 Å². The number of benzene rings is 1. The van der Waals surface area contributed by atoms with Crippen molar-refractivity contribution in [2.45, 2.75) is 23.8 Å². The largest absolute Gasteiger partial charge is 0.399 e. The number of nitrogens with one attached hydrogen (secondary N) is 1. The lowest BCUT2D eigenvalue weighted by molar-refractivity contribution is 0.0832. The van der Waals surface area contributed by atoms with Gasteiger partial charge in [-0.25, -0.2) is 13.1 Å². The number of rotatable bonds is 3. The summed E-state index contributed by atoms with van der Waals surface area (Å²) in [6, 6.07) is 4.27. The Morgan fingerprint density at radius 2 is 2.00 bits per heavy atom. The first-order chi connectivity index (χ1) is 8.49. The Bertz CT molecular complexity index is 527. The second-order valence-electron chi connectivity index (χ2n) is 4.20. The number of hydrogen-bond acceptors (Lipinski definition) is 4. The lowest BCUT2D eigenvalue weighted by Gasteiger charge is -2.23. The molecule has 1 fully saturated rings. The summed E-state index contributed by atoms with van der Waals surface area (Å²) in [5.41, 5.74) is 5.97. The summed E-state index contributed by atoms with van der Waals surface area (Å²) in [4.78, 5) is 0.0601. The Labute approximate surface area is 111 Å². The van der Waals surface area contributed by atoms with E-state index in [0.717, 1.165) is 0 Å². The van der Waals surface area contributed by atoms with Gasteiger partial charge >= 0.3 is 0 Å². The van der Waals surface area contributed by atoms with Crippen LogP contribution in [-0.4, -0.2) is 27.7 Å². The molecule has 1 aliphatic heterocycles. The van der Waals surface area contributed by atoms with Crippen LogP contribution >= 0.6 is 11.6 Å². The van der Waals surface area contributed by atoms with Gasteiger partial charge in [-0.3, -0.25) is 0 Å². The highest BCUT2D eigenvalue weighted by Crippen LogP contribution is 2.24. The van der Waals surface area contributed by atoms with Crippen molar-refractivity contribution in [1.29, 1.82) is 0 Å². The number of nitrogen functional groups attached to an aromatic ring is 1. The average Bonchev–Trinajstić information content (AvgIpc) is 2.29. The van der Waals surface area contributed by atoms with Crippen LogP contribution in [-0.2, 0) is 14.8 Å². The van der Waals surface area contributed by atoms with E-state index in [4.69, 9.17) is 22.1 Å². The van der Waals surface area contributed by atoms with Crippen LogP contribution < -0.4 is 10.5 Å². The zero-order valence-corrected chi connectivity index (χ0v) is 11.3. The van der Waals surface area contributed by atoms with Gasteiger partial charge in [-0.2, -0.15) is 0 Å². The molecular formula is C11H15ClN2O3S. The Morgan fingerprint density at radius 1 is 1.33 bits per heavy atom. The quantitative estimate of drug-likeness (QED) is 0.824. The molecule has 5 nitrogen and oxygen atoms in total. The molecule has 0 spiro atoms. The number of nitrogens with two attached hydrogens (primary N) is 1. The van der Waals surface area contributed by atoms with Crippen molar-refractivity contribution < 1.29 is 13.2 Å². The SMILES string of the molecule is Nc1ccc(S(=O)(=O)NC2CCOCC2)c(Cl)c1. The standard InChI is InChI=1S/C11H15ClN2O3S/c12-10-7-8(13)1-2-11(10)18(15,16)14-9-3-5-17-6-4-9/h1-2,7,9,14H,3-6,13H2. The van der Waals surface area contributed by atoms with Gasteiger partial charge in [-0.05, 0) is 31.0 Å². The van der Waals surface area contributed by atoms with Gasteiger partial charge in [-0.15, -0.1) is 0 Å². The molecule has 0 unspecified atom stereocenters. The smallest absolute Gasteiger partial charge is 0.242 e. The molecule has 1 aromatic carbocycles. The molecule has 100 valence electrons. The van der Waals surface area contributed by atoms with Crippen LogP contribution in [0.2, 0.25) is 5.02 Å². The predicted molar refractivity (Wildman–Crippen MR) is 70.0 cm³/mol. The lowest BCUT2D eigenvalue weighted by atomic mass is 10.1. The number of hydrogen-bond donors (Lipinski definition) is 2. The highest BCUT2D eigenvalue weighted by Gasteiger charge is 2.23. The fraction of sp³-hybridized carbons (Fsp3) is 0.455. The van der Waals surface area contributed by atoms with E-state index in [-0.39, 0.29) is 16.0 Å². The van der Waals surface area contributed by atoms with E-state index in [1.54, 1.807) is 0 Å². The molecule has 0 amide bonds. The van der Waals surface area contributed by atoms with E-state index in [0.29, 0.717) is 31.7 Å². The minimum absolute atomic E-state index is 0.0601. The molecule has 0 aromatic heterocycles. The van der Waals surface area contributed by atoms with Gasteiger partial charge in [0.25, 0.3) is 0 Å². The number of halogens is 1. The first kappa shape index (κ1) is 13.6. The second kappa shape index (κ2) is 5.44. The van der Waals surface area contributed by atoms with Crippen LogP contribution in [0.25, 0.3) is 0 Å². The van der Waals surface area contributed by atoms with Crippen molar-refractivity contribution in [3.8, 4) is 0 Å². The van der Waals surface area contributed by atoms with Gasteiger partial charge in [-0.1, -0.05) is 11.6 Å². The summed E-state index contributed by atoms with van der Waals surface area (Å²) >= 11 is 5.91. The summed E-state index contributed by atoms with van der Waals surface area (Å²) in [5, 5.41) is 0.134. The van der Waals surface area contributed by atoms with E-state index in [1.165, 1.54) is 18.2 Å². The van der Waals surface area contributed by atoms with Crippen LogP contribution in [0.3, 0.4) is 0 Å². The van der Waals surface area contributed by atoms with Crippen molar-refractivity contribution in [3.63, 3.8) is 0 Å². The molecule has 18 heavy (non-hydrogen) atoms. The normalized spacial score (nSPS) is 17.8. The molecule has 0 atom stereocenters. The minimum Gasteiger partial charge on any atom is -0.399 e. The van der Waals surface area contributed by atoms with E-state index in [1.807, 2.05) is 0 Å². The van der Waals surface area contributed by atoms with Gasteiger partial charge in [0.15, 0.2) is 0 Å². The molecular weight excluding hydrogens is 276 g/mol. The Kier molecular flexibility index (Phi) is 4.11. The van der Waals surface area contributed by atoms with Gasteiger partial charge < -0.3 is 10.5 Å². The van der Waals surface area contributed by atoms with Gasteiger partial charge in [0, 0.05) is 24.9 Å². The first-order valence-corrected chi connectivity index (χ1v) is 7.50. The molecule has 2 rings (SSSR count). The summed E-state index contributed by atoms with van der Waals surface area (Å²) < 4.78 is 32.1. The third-order valence-electron chi connectivity index (χ3n) is 2.79. The van der Waals surface area contributed by atoms with Gasteiger partial charge in [0.1, 0.15) is 4.90 Å². The monoisotopic (exact) mass is 290 g/mol. The second-order valence-corrected chi connectivity index (χ2v) is 6.29. The van der Waals surface area contributed by atoms with Gasteiger partial charge in [0.2, 0.25) is 10.0 Å². The molecule has 7 heteroatoms. The van der Waals surface area contributed by atoms with E-state index < -0.39 is 10.0 Å². The molecule has 0 bridgehead atoms. The maximum atomic E-state index is 12.2. The highest BCUT2D eigenvalue weighted by molar-refractivity contribution is 7.89. The zero-order valence-electron chi connectivity index (χ0n) is 9.73. The molecule has 3 N–H and O–H groups in total. The van der Waals surface area contributed by atoms with E-state index >= 15 is 0 Å². The fourth-order valence-corrected chi connectivity index (χ4v) is 3.69. The summed E-state index contributed by atoms with van der Waals surface area (Å²) in [5.74, 6) is 0. The van der Waals surface area contributed by atoms with Crippen molar-refractivity contribution in [2.75, 3.05) is 18.9 Å². The van der Waals surface area contributed by atoms with Crippen molar-refractivity contribution in [3.05, 3.63) is 23.2 Å². The molecule has 0 aliphatic carbocycles. The van der Waals surface area contributed by atoms with Crippen LogP contribution in [0.5, 0.6) is 0 Å². The number of anilines is 1. The topological polar surface area (TPSA) is 81.4 Å². The molecule has 1 heterocycles. The Morgan fingerprint density at radius 3 is 2.61 bits per heavy atom. The van der Waals surface area contributed by atoms with Crippen molar-refractivity contribution >= 4 is 27.3 Å². The fourth-order valence-electron chi connectivity index (χ4n) is 1.83. The minimum atomic E-state index is -3.60. The lowest BCUT2D eigenvalue weighted by Crippen LogP contribution is -2.38. The molecule has 1 aliphatic rings. The van der Waals surface area contributed by atoms with Crippen molar-refractivity contribution in [1.82, 2.24) is 4.72 Å². The third-order valence-corrected chi connectivity index (χ3v) is 4.79. The van der Waals surface area contributed by atoms with E-state index in [2.05, 4.69) is 4.72 Å². The van der Waals surface area contributed by atoms with Crippen LogP contribution in [0.15, 0.2) is 23.1 Å². The first-order valence-electron chi connectivity index (χ1n) is 5.64. The highest BCUT2D eigenvalue weighted by atomic mass is 35.5. The predicted octanol–water partition coefficient (Wildman–Crippen LogP) is 1.38. The molecule has 0 radical (unpaired) electrons. The summed E-state index contributed by atoms with van der Waals surface area (Å²) in [6.45, 7) is 1.14. The summed E-state index contributed by atoms with van der Waals surface area (Å²) in [7, 11) is -3.60. The average molecular weight is 291 g/mol. The Balaban J connectivity index is 2.19. The zero-order chi connectivity index (χ0) is 13.2. The summed E-state index contributed by atoms with van der Waals surface area (Å²) in [6.07, 6.45) is 1.34. The molecule has 1 aromatic rings. The number of sulfonamides is 1. The molecule has 0 saturated carbocycles. The maximum Gasteiger partial charge on any atom is 0.242 e. The van der Waals surface area contributed by atoms with Crippen LogP contribution in [0, 0.1) is 0 Å². The van der Waals surface area contributed by atoms with Crippen LogP contribution in [0.1, 0.15) is 12.8 Å².